The zero-order valence-corrected chi connectivity index (χ0v) is 18.1. The number of rotatable bonds is 8. The smallest absolute Gasteiger partial charge is 0.273 e. The molecule has 0 saturated carbocycles. The minimum Gasteiger partial charge on any atom is -0.497 e. The fraction of sp³-hybridized carbons (Fsp3) is 0.167. The van der Waals surface area contributed by atoms with Crippen LogP contribution in [0.25, 0.3) is 10.6 Å². The summed E-state index contributed by atoms with van der Waals surface area (Å²) in [7, 11) is 3.38. The number of thiazole rings is 1. The highest BCUT2D eigenvalue weighted by Crippen LogP contribution is 2.27. The number of furan rings is 1. The van der Waals surface area contributed by atoms with Gasteiger partial charge in [0.05, 0.1) is 19.9 Å². The number of benzene rings is 2. The average molecular weight is 435 g/mol. The van der Waals surface area contributed by atoms with Crippen molar-refractivity contribution in [1.82, 2.24) is 9.88 Å². The van der Waals surface area contributed by atoms with Gasteiger partial charge in [-0.05, 0) is 54.1 Å². The molecule has 0 unspecified atom stereocenters. The molecule has 6 nitrogen and oxygen atoms in total. The van der Waals surface area contributed by atoms with Crippen molar-refractivity contribution in [2.45, 2.75) is 13.2 Å². The Balaban J connectivity index is 1.38. The molecule has 0 bridgehead atoms. The van der Waals surface area contributed by atoms with E-state index < -0.39 is 0 Å². The van der Waals surface area contributed by atoms with Crippen LogP contribution in [0.2, 0.25) is 0 Å². The third kappa shape index (κ3) is 5.13. The lowest BCUT2D eigenvalue weighted by Crippen LogP contribution is -2.26. The van der Waals surface area contributed by atoms with Crippen molar-refractivity contribution >= 4 is 17.2 Å². The third-order valence-electron chi connectivity index (χ3n) is 4.68. The average Bonchev–Trinajstić information content (AvgIpc) is 3.50. The Morgan fingerprint density at radius 3 is 2.68 bits per heavy atom. The summed E-state index contributed by atoms with van der Waals surface area (Å²) in [4.78, 5) is 18.7. The van der Waals surface area contributed by atoms with Gasteiger partial charge in [-0.3, -0.25) is 4.79 Å². The lowest BCUT2D eigenvalue weighted by atomic mass is 10.2. The maximum atomic E-state index is 12.6. The number of hydrogen-bond donors (Lipinski definition) is 0. The van der Waals surface area contributed by atoms with Gasteiger partial charge in [0.25, 0.3) is 5.91 Å². The molecular formula is C24H22N2O4S. The first kappa shape index (κ1) is 20.7. The van der Waals surface area contributed by atoms with E-state index in [-0.39, 0.29) is 5.91 Å². The number of methoxy groups -OCH3 is 1. The van der Waals surface area contributed by atoms with Gasteiger partial charge in [0.15, 0.2) is 0 Å². The van der Waals surface area contributed by atoms with E-state index in [4.69, 9.17) is 13.9 Å². The van der Waals surface area contributed by atoms with Crippen molar-refractivity contribution < 1.29 is 18.7 Å². The van der Waals surface area contributed by atoms with Crippen LogP contribution in [-0.4, -0.2) is 29.9 Å². The van der Waals surface area contributed by atoms with Crippen LogP contribution in [-0.2, 0) is 13.2 Å². The van der Waals surface area contributed by atoms with Gasteiger partial charge in [-0.2, -0.15) is 0 Å². The van der Waals surface area contributed by atoms with Crippen LogP contribution in [0.3, 0.4) is 0 Å². The van der Waals surface area contributed by atoms with Gasteiger partial charge in [-0.25, -0.2) is 4.98 Å². The predicted octanol–water partition coefficient (Wildman–Crippen LogP) is 5.26. The topological polar surface area (TPSA) is 64.8 Å². The highest BCUT2D eigenvalue weighted by Gasteiger charge is 2.17. The van der Waals surface area contributed by atoms with E-state index in [1.54, 1.807) is 36.8 Å². The Labute approximate surface area is 184 Å². The fourth-order valence-corrected chi connectivity index (χ4v) is 3.83. The Kier molecular flexibility index (Phi) is 6.33. The second-order valence-electron chi connectivity index (χ2n) is 6.94. The van der Waals surface area contributed by atoms with E-state index >= 15 is 0 Å². The van der Waals surface area contributed by atoms with Crippen molar-refractivity contribution in [2.75, 3.05) is 14.2 Å². The summed E-state index contributed by atoms with van der Waals surface area (Å²) >= 11 is 1.44. The Morgan fingerprint density at radius 1 is 1.10 bits per heavy atom. The Morgan fingerprint density at radius 2 is 1.94 bits per heavy atom. The number of nitrogens with zero attached hydrogens (tertiary/aromatic N) is 2. The van der Waals surface area contributed by atoms with Crippen LogP contribution < -0.4 is 9.47 Å². The van der Waals surface area contributed by atoms with Crippen molar-refractivity contribution in [3.8, 4) is 22.1 Å². The van der Waals surface area contributed by atoms with Crippen LogP contribution in [0, 0.1) is 0 Å². The lowest BCUT2D eigenvalue weighted by Gasteiger charge is -2.13. The van der Waals surface area contributed by atoms with Gasteiger partial charge in [-0.1, -0.05) is 12.1 Å². The quantitative estimate of drug-likeness (QED) is 0.378. The maximum absolute atomic E-state index is 12.6. The van der Waals surface area contributed by atoms with Crippen molar-refractivity contribution in [1.29, 1.82) is 0 Å². The monoisotopic (exact) mass is 434 g/mol. The molecular weight excluding hydrogens is 412 g/mol. The molecule has 0 aliphatic rings. The number of carbonyl (C=O) groups excluding carboxylic acids is 1. The highest BCUT2D eigenvalue weighted by atomic mass is 32.1. The summed E-state index contributed by atoms with van der Waals surface area (Å²) in [6.45, 7) is 0.854. The number of amides is 1. The first-order valence-corrected chi connectivity index (χ1v) is 10.6. The maximum Gasteiger partial charge on any atom is 0.273 e. The summed E-state index contributed by atoms with van der Waals surface area (Å²) in [5.41, 5.74) is 2.39. The summed E-state index contributed by atoms with van der Waals surface area (Å²) in [6, 6.07) is 19.1. The zero-order valence-electron chi connectivity index (χ0n) is 17.3. The molecule has 31 heavy (non-hydrogen) atoms. The van der Waals surface area contributed by atoms with Gasteiger partial charge >= 0.3 is 0 Å². The lowest BCUT2D eigenvalue weighted by molar-refractivity contribution is 0.0770. The van der Waals surface area contributed by atoms with E-state index in [0.29, 0.717) is 18.8 Å². The molecule has 4 rings (SSSR count). The Bertz CT molecular complexity index is 1140. The second kappa shape index (κ2) is 9.49. The fourth-order valence-electron chi connectivity index (χ4n) is 3.03. The van der Waals surface area contributed by atoms with Gasteiger partial charge in [0.1, 0.15) is 34.6 Å². The number of carbonyl (C=O) groups is 1. The van der Waals surface area contributed by atoms with E-state index in [1.165, 1.54) is 11.3 Å². The molecule has 2 aromatic carbocycles. The molecule has 158 valence electrons. The van der Waals surface area contributed by atoms with Gasteiger partial charge < -0.3 is 18.8 Å². The molecule has 0 aliphatic heterocycles. The highest BCUT2D eigenvalue weighted by molar-refractivity contribution is 7.13. The molecule has 0 fully saturated rings. The molecule has 1 amide bonds. The van der Waals surface area contributed by atoms with Gasteiger partial charge in [0, 0.05) is 18.0 Å². The van der Waals surface area contributed by atoms with Gasteiger partial charge in [0.2, 0.25) is 0 Å². The largest absolute Gasteiger partial charge is 0.497 e. The van der Waals surface area contributed by atoms with Crippen molar-refractivity contribution in [3.63, 3.8) is 0 Å². The van der Waals surface area contributed by atoms with E-state index in [1.807, 2.05) is 54.6 Å². The number of hydrogen-bond acceptors (Lipinski definition) is 6. The summed E-state index contributed by atoms with van der Waals surface area (Å²) in [5.74, 6) is 2.16. The molecule has 0 saturated heterocycles. The van der Waals surface area contributed by atoms with E-state index in [0.717, 1.165) is 33.4 Å². The van der Waals surface area contributed by atoms with Crippen molar-refractivity contribution in [2.24, 2.45) is 0 Å². The van der Waals surface area contributed by atoms with Crippen molar-refractivity contribution in [3.05, 3.63) is 89.3 Å². The first-order chi connectivity index (χ1) is 15.1. The predicted molar refractivity (Wildman–Crippen MR) is 119 cm³/mol. The van der Waals surface area contributed by atoms with Crippen LogP contribution in [0.15, 0.2) is 76.7 Å². The summed E-state index contributed by atoms with van der Waals surface area (Å²) in [5, 5.41) is 2.57. The van der Waals surface area contributed by atoms with E-state index in [9.17, 15) is 4.79 Å². The molecule has 2 aromatic heterocycles. The second-order valence-corrected chi connectivity index (χ2v) is 7.80. The number of ether oxygens (including phenoxy) is 2. The molecule has 0 atom stereocenters. The van der Waals surface area contributed by atoms with Crippen LogP contribution in [0.1, 0.15) is 21.8 Å². The number of aromatic nitrogens is 1. The Hall–Kier alpha value is -3.58. The van der Waals surface area contributed by atoms with Crippen LogP contribution in [0.4, 0.5) is 0 Å². The standard InChI is InChI=1S/C24H22N2O4S/c1-26(14-21-7-4-12-29-21)24(27)22-16-31-23(25-22)18-8-10-19(11-9-18)30-15-17-5-3-6-20(13-17)28-2/h3-13,16H,14-15H2,1-2H3. The van der Waals surface area contributed by atoms with Crippen LogP contribution >= 0.6 is 11.3 Å². The third-order valence-corrected chi connectivity index (χ3v) is 5.58. The summed E-state index contributed by atoms with van der Waals surface area (Å²) < 4.78 is 16.4. The van der Waals surface area contributed by atoms with Gasteiger partial charge in [-0.15, -0.1) is 11.3 Å². The molecule has 0 aliphatic carbocycles. The molecule has 0 spiro atoms. The molecule has 0 N–H and O–H groups in total. The minimum atomic E-state index is -0.142. The normalized spacial score (nSPS) is 10.6. The molecule has 2 heterocycles. The van der Waals surface area contributed by atoms with Crippen LogP contribution in [0.5, 0.6) is 11.5 Å². The molecule has 0 radical (unpaired) electrons. The molecule has 4 aromatic rings. The first-order valence-electron chi connectivity index (χ1n) is 9.72. The SMILES string of the molecule is COc1cccc(COc2ccc(-c3nc(C(=O)N(C)Cc4ccco4)cs3)cc2)c1. The minimum absolute atomic E-state index is 0.142. The zero-order chi connectivity index (χ0) is 21.6. The van der Waals surface area contributed by atoms with E-state index in [2.05, 4.69) is 4.98 Å². The molecule has 7 heteroatoms. The summed E-state index contributed by atoms with van der Waals surface area (Å²) in [6.07, 6.45) is 1.60.